The molecule has 1 heterocycles. The average Bonchev–Trinajstić information content (AvgIpc) is 2.67. The standard InChI is InChI=1S/C20H30N2O3/c23-20(21-17-7-3-1-4-8-17)22-13-11-19(12-14-22)25-16-15-24-18-9-5-2-6-10-18/h2,5-6,9-10,17,19H,1,3-4,7-8,11-16H2,(H,21,23). The first-order valence-corrected chi connectivity index (χ1v) is 9.66. The van der Waals surface area contributed by atoms with E-state index in [9.17, 15) is 4.79 Å². The van der Waals surface area contributed by atoms with Crippen LogP contribution in [0.2, 0.25) is 0 Å². The van der Waals surface area contributed by atoms with Crippen LogP contribution in [0, 0.1) is 0 Å². The summed E-state index contributed by atoms with van der Waals surface area (Å²) in [4.78, 5) is 14.3. The van der Waals surface area contributed by atoms with E-state index in [0.29, 0.717) is 19.3 Å². The van der Waals surface area contributed by atoms with Gasteiger partial charge in [0.15, 0.2) is 0 Å². The summed E-state index contributed by atoms with van der Waals surface area (Å²) in [5, 5.41) is 3.20. The van der Waals surface area contributed by atoms with E-state index in [1.165, 1.54) is 19.3 Å². The molecule has 1 aliphatic heterocycles. The molecule has 5 nitrogen and oxygen atoms in total. The highest BCUT2D eigenvalue weighted by Gasteiger charge is 2.25. The van der Waals surface area contributed by atoms with Crippen molar-refractivity contribution in [3.8, 4) is 5.75 Å². The van der Waals surface area contributed by atoms with Crippen LogP contribution in [-0.4, -0.2) is 49.4 Å². The third kappa shape index (κ3) is 5.92. The third-order valence-corrected chi connectivity index (χ3v) is 5.11. The number of carbonyl (C=O) groups excluding carboxylic acids is 1. The van der Waals surface area contributed by atoms with E-state index in [0.717, 1.165) is 44.5 Å². The molecule has 0 radical (unpaired) electrons. The van der Waals surface area contributed by atoms with Gasteiger partial charge in [0.2, 0.25) is 0 Å². The molecule has 2 fully saturated rings. The van der Waals surface area contributed by atoms with Crippen molar-refractivity contribution in [1.82, 2.24) is 10.2 Å². The molecule has 0 bridgehead atoms. The van der Waals surface area contributed by atoms with E-state index in [4.69, 9.17) is 9.47 Å². The van der Waals surface area contributed by atoms with Crippen LogP contribution >= 0.6 is 0 Å². The summed E-state index contributed by atoms with van der Waals surface area (Å²) >= 11 is 0. The molecule has 0 aromatic heterocycles. The van der Waals surface area contributed by atoms with Crippen LogP contribution in [0.5, 0.6) is 5.75 Å². The lowest BCUT2D eigenvalue weighted by atomic mass is 9.96. The number of benzene rings is 1. The SMILES string of the molecule is O=C(NC1CCCCC1)N1CCC(OCCOc2ccccc2)CC1. The molecule has 3 rings (SSSR count). The number of hydrogen-bond donors (Lipinski definition) is 1. The molecule has 1 saturated heterocycles. The Bertz CT molecular complexity index is 509. The number of hydrogen-bond acceptors (Lipinski definition) is 3. The second kappa shape index (κ2) is 9.66. The van der Waals surface area contributed by atoms with Crippen molar-refractivity contribution in [2.24, 2.45) is 0 Å². The Morgan fingerprint density at radius 3 is 2.44 bits per heavy atom. The van der Waals surface area contributed by atoms with Gasteiger partial charge in [0.1, 0.15) is 12.4 Å². The molecule has 1 aromatic rings. The molecule has 1 aliphatic carbocycles. The number of carbonyl (C=O) groups is 1. The smallest absolute Gasteiger partial charge is 0.317 e. The number of urea groups is 1. The average molecular weight is 346 g/mol. The molecule has 1 saturated carbocycles. The van der Waals surface area contributed by atoms with E-state index in [1.54, 1.807) is 0 Å². The van der Waals surface area contributed by atoms with Gasteiger partial charge in [0, 0.05) is 19.1 Å². The molecular weight excluding hydrogens is 316 g/mol. The largest absolute Gasteiger partial charge is 0.491 e. The number of piperidine rings is 1. The normalized spacial score (nSPS) is 19.6. The van der Waals surface area contributed by atoms with Gasteiger partial charge < -0.3 is 19.7 Å². The summed E-state index contributed by atoms with van der Waals surface area (Å²) in [6, 6.07) is 10.3. The molecule has 0 spiro atoms. The summed E-state index contributed by atoms with van der Waals surface area (Å²) in [5.41, 5.74) is 0. The fraction of sp³-hybridized carbons (Fsp3) is 0.650. The minimum Gasteiger partial charge on any atom is -0.491 e. The number of ether oxygens (including phenoxy) is 2. The topological polar surface area (TPSA) is 50.8 Å². The Morgan fingerprint density at radius 2 is 1.72 bits per heavy atom. The first-order valence-electron chi connectivity index (χ1n) is 9.66. The molecule has 25 heavy (non-hydrogen) atoms. The summed E-state index contributed by atoms with van der Waals surface area (Å²) < 4.78 is 11.5. The van der Waals surface area contributed by atoms with E-state index in [-0.39, 0.29) is 12.1 Å². The Morgan fingerprint density at radius 1 is 1.00 bits per heavy atom. The van der Waals surface area contributed by atoms with Crippen LogP contribution in [0.3, 0.4) is 0 Å². The highest BCUT2D eigenvalue weighted by atomic mass is 16.5. The summed E-state index contributed by atoms with van der Waals surface area (Å²) in [6.07, 6.45) is 8.10. The van der Waals surface area contributed by atoms with Crippen LogP contribution in [0.25, 0.3) is 0 Å². The van der Waals surface area contributed by atoms with E-state index >= 15 is 0 Å². The van der Waals surface area contributed by atoms with Crippen LogP contribution in [0.4, 0.5) is 4.79 Å². The number of nitrogens with zero attached hydrogens (tertiary/aromatic N) is 1. The maximum atomic E-state index is 12.3. The van der Waals surface area contributed by atoms with Crippen molar-refractivity contribution < 1.29 is 14.3 Å². The maximum Gasteiger partial charge on any atom is 0.317 e. The zero-order valence-electron chi connectivity index (χ0n) is 15.0. The fourth-order valence-electron chi connectivity index (χ4n) is 3.63. The number of para-hydroxylation sites is 1. The zero-order valence-corrected chi connectivity index (χ0v) is 15.0. The molecule has 0 atom stereocenters. The maximum absolute atomic E-state index is 12.3. The predicted molar refractivity (Wildman–Crippen MR) is 97.9 cm³/mol. The van der Waals surface area contributed by atoms with Crippen molar-refractivity contribution >= 4 is 6.03 Å². The minimum absolute atomic E-state index is 0.109. The first-order chi connectivity index (χ1) is 12.3. The summed E-state index contributed by atoms with van der Waals surface area (Å²) in [6.45, 7) is 2.71. The molecule has 2 aliphatic rings. The summed E-state index contributed by atoms with van der Waals surface area (Å²) in [7, 11) is 0. The van der Waals surface area contributed by atoms with E-state index < -0.39 is 0 Å². The third-order valence-electron chi connectivity index (χ3n) is 5.11. The second-order valence-corrected chi connectivity index (χ2v) is 7.00. The lowest BCUT2D eigenvalue weighted by Gasteiger charge is -2.33. The van der Waals surface area contributed by atoms with Crippen molar-refractivity contribution in [2.45, 2.75) is 57.1 Å². The number of nitrogens with one attached hydrogen (secondary N) is 1. The molecule has 5 heteroatoms. The van der Waals surface area contributed by atoms with Crippen molar-refractivity contribution in [2.75, 3.05) is 26.3 Å². The van der Waals surface area contributed by atoms with Crippen molar-refractivity contribution in [3.63, 3.8) is 0 Å². The van der Waals surface area contributed by atoms with Crippen LogP contribution in [0.15, 0.2) is 30.3 Å². The number of amides is 2. The molecule has 1 aromatic carbocycles. The summed E-state index contributed by atoms with van der Waals surface area (Å²) in [5.74, 6) is 0.875. The first kappa shape index (κ1) is 18.1. The van der Waals surface area contributed by atoms with Crippen LogP contribution < -0.4 is 10.1 Å². The Balaban J connectivity index is 1.28. The van der Waals surface area contributed by atoms with Gasteiger partial charge >= 0.3 is 6.03 Å². The molecule has 2 amide bonds. The van der Waals surface area contributed by atoms with Gasteiger partial charge in [-0.1, -0.05) is 37.5 Å². The van der Waals surface area contributed by atoms with Crippen molar-refractivity contribution in [1.29, 1.82) is 0 Å². The van der Waals surface area contributed by atoms with Crippen molar-refractivity contribution in [3.05, 3.63) is 30.3 Å². The number of likely N-dealkylation sites (tertiary alicyclic amines) is 1. The number of rotatable bonds is 6. The Kier molecular flexibility index (Phi) is 6.98. The Labute approximate surface area is 150 Å². The Hall–Kier alpha value is -1.75. The van der Waals surface area contributed by atoms with Gasteiger partial charge in [-0.25, -0.2) is 4.79 Å². The van der Waals surface area contributed by atoms with Gasteiger partial charge in [-0.2, -0.15) is 0 Å². The van der Waals surface area contributed by atoms with Gasteiger partial charge in [-0.05, 0) is 37.8 Å². The quantitative estimate of drug-likeness (QED) is 0.801. The van der Waals surface area contributed by atoms with Crippen LogP contribution in [-0.2, 0) is 4.74 Å². The van der Waals surface area contributed by atoms with E-state index in [2.05, 4.69) is 5.32 Å². The van der Waals surface area contributed by atoms with Crippen LogP contribution in [0.1, 0.15) is 44.9 Å². The molecular formula is C20H30N2O3. The predicted octanol–water partition coefficient (Wildman–Crippen LogP) is 3.59. The molecule has 138 valence electrons. The minimum atomic E-state index is 0.109. The van der Waals surface area contributed by atoms with Gasteiger partial charge in [0.05, 0.1) is 12.7 Å². The van der Waals surface area contributed by atoms with Gasteiger partial charge in [0.25, 0.3) is 0 Å². The van der Waals surface area contributed by atoms with Gasteiger partial charge in [-0.15, -0.1) is 0 Å². The highest BCUT2D eigenvalue weighted by Crippen LogP contribution is 2.19. The van der Waals surface area contributed by atoms with E-state index in [1.807, 2.05) is 35.2 Å². The highest BCUT2D eigenvalue weighted by molar-refractivity contribution is 5.74. The molecule has 0 unspecified atom stereocenters. The second-order valence-electron chi connectivity index (χ2n) is 7.00. The molecule has 1 N–H and O–H groups in total. The van der Waals surface area contributed by atoms with Gasteiger partial charge in [-0.3, -0.25) is 0 Å². The zero-order chi connectivity index (χ0) is 17.3. The lowest BCUT2D eigenvalue weighted by Crippen LogP contribution is -2.49. The lowest BCUT2D eigenvalue weighted by molar-refractivity contribution is 0.00166. The fourth-order valence-corrected chi connectivity index (χ4v) is 3.63. The monoisotopic (exact) mass is 346 g/mol.